The number of carboxylic acid groups (broad SMARTS) is 1. The summed E-state index contributed by atoms with van der Waals surface area (Å²) in [5.74, 6) is -1.28. The van der Waals surface area contributed by atoms with Gasteiger partial charge in [0.1, 0.15) is 5.41 Å². The summed E-state index contributed by atoms with van der Waals surface area (Å²) in [4.78, 5) is 26.6. The van der Waals surface area contributed by atoms with E-state index in [1.54, 1.807) is 29.2 Å². The molecule has 138 valence electrons. The summed E-state index contributed by atoms with van der Waals surface area (Å²) in [7, 11) is 0. The third-order valence-electron chi connectivity index (χ3n) is 5.29. The topological polar surface area (TPSA) is 77.8 Å². The highest BCUT2D eigenvalue weighted by atomic mass is 35.5. The predicted molar refractivity (Wildman–Crippen MR) is 100 cm³/mol. The minimum absolute atomic E-state index is 0.00707. The molecule has 1 heterocycles. The quantitative estimate of drug-likeness (QED) is 0.856. The van der Waals surface area contributed by atoms with Crippen LogP contribution in [0.25, 0.3) is 10.8 Å². The first-order valence-corrected chi connectivity index (χ1v) is 9.16. The van der Waals surface area contributed by atoms with Crippen molar-refractivity contribution in [2.75, 3.05) is 13.1 Å². The summed E-state index contributed by atoms with van der Waals surface area (Å²) < 4.78 is 0. The lowest BCUT2D eigenvalue weighted by Gasteiger charge is -2.43. The van der Waals surface area contributed by atoms with Crippen molar-refractivity contribution in [1.29, 1.82) is 0 Å². The molecule has 2 atom stereocenters. The molecule has 5 nitrogen and oxygen atoms in total. The normalized spacial score (nSPS) is 23.2. The van der Waals surface area contributed by atoms with E-state index in [1.807, 2.05) is 19.1 Å². The second kappa shape index (κ2) is 7.25. The van der Waals surface area contributed by atoms with Crippen molar-refractivity contribution in [3.8, 4) is 0 Å². The zero-order chi connectivity index (χ0) is 18.9. The van der Waals surface area contributed by atoms with Gasteiger partial charge < -0.3 is 15.1 Å². The Morgan fingerprint density at radius 1 is 1.23 bits per heavy atom. The van der Waals surface area contributed by atoms with E-state index < -0.39 is 17.5 Å². The van der Waals surface area contributed by atoms with Crippen LogP contribution in [-0.4, -0.2) is 46.2 Å². The van der Waals surface area contributed by atoms with Gasteiger partial charge in [0, 0.05) is 29.1 Å². The maximum atomic E-state index is 13.2. The molecule has 6 heteroatoms. The number of carboxylic acids is 1. The fourth-order valence-corrected chi connectivity index (χ4v) is 4.13. The number of likely N-dealkylation sites (tertiary alicyclic amines) is 1. The molecule has 1 amide bonds. The van der Waals surface area contributed by atoms with Crippen LogP contribution in [0.15, 0.2) is 36.4 Å². The van der Waals surface area contributed by atoms with Gasteiger partial charge in [-0.2, -0.15) is 0 Å². The summed E-state index contributed by atoms with van der Waals surface area (Å²) in [6, 6.07) is 10.8. The molecule has 0 saturated carbocycles. The van der Waals surface area contributed by atoms with Crippen LogP contribution in [0.1, 0.15) is 36.5 Å². The molecule has 1 saturated heterocycles. The number of nitrogens with zero attached hydrogens (tertiary/aromatic N) is 1. The second-order valence-corrected chi connectivity index (χ2v) is 7.29. The smallest absolute Gasteiger partial charge is 0.314 e. The fraction of sp³-hybridized carbons (Fsp3) is 0.400. The minimum Gasteiger partial charge on any atom is -0.481 e. The van der Waals surface area contributed by atoms with Crippen LogP contribution in [0.2, 0.25) is 5.02 Å². The van der Waals surface area contributed by atoms with Gasteiger partial charge in [-0.1, -0.05) is 49.2 Å². The first-order chi connectivity index (χ1) is 12.4. The molecule has 1 aliphatic heterocycles. The number of halogens is 1. The third-order valence-corrected chi connectivity index (χ3v) is 5.62. The molecule has 2 aromatic rings. The van der Waals surface area contributed by atoms with E-state index >= 15 is 0 Å². The molecule has 0 unspecified atom stereocenters. The van der Waals surface area contributed by atoms with Gasteiger partial charge in [0.15, 0.2) is 0 Å². The van der Waals surface area contributed by atoms with Gasteiger partial charge in [0.2, 0.25) is 0 Å². The van der Waals surface area contributed by atoms with E-state index in [-0.39, 0.29) is 18.9 Å². The highest BCUT2D eigenvalue weighted by Crippen LogP contribution is 2.36. The predicted octanol–water partition coefficient (Wildman–Crippen LogP) is 3.57. The molecular formula is C20H22ClNO4. The number of rotatable bonds is 4. The Labute approximate surface area is 157 Å². The highest BCUT2D eigenvalue weighted by Gasteiger charge is 2.49. The van der Waals surface area contributed by atoms with Gasteiger partial charge in [-0.25, -0.2) is 0 Å². The van der Waals surface area contributed by atoms with Crippen LogP contribution in [0.3, 0.4) is 0 Å². The van der Waals surface area contributed by atoms with Crippen molar-refractivity contribution in [3.05, 3.63) is 47.0 Å². The van der Waals surface area contributed by atoms with Gasteiger partial charge in [-0.3, -0.25) is 9.59 Å². The monoisotopic (exact) mass is 375 g/mol. The largest absolute Gasteiger partial charge is 0.481 e. The van der Waals surface area contributed by atoms with E-state index in [0.29, 0.717) is 30.0 Å². The summed E-state index contributed by atoms with van der Waals surface area (Å²) in [5.41, 5.74) is -0.817. The molecule has 0 aliphatic carbocycles. The number of aliphatic carboxylic acids is 1. The van der Waals surface area contributed by atoms with E-state index in [1.165, 1.54) is 0 Å². The standard InChI is InChI=1S/C20H22ClNO4/c1-2-10-20(19(25)26)12-22(11-9-17(20)23)18(24)15-7-3-6-14-13(15)5-4-8-16(14)21/h3-8,17,23H,2,9-12H2,1H3,(H,25,26)/t17-,20-/m1/s1. The number of aliphatic hydroxyl groups excluding tert-OH is 1. The number of piperidine rings is 1. The van der Waals surface area contributed by atoms with Gasteiger partial charge in [0.25, 0.3) is 5.91 Å². The fourth-order valence-electron chi connectivity index (χ4n) is 3.89. The summed E-state index contributed by atoms with van der Waals surface area (Å²) in [6.07, 6.45) is 0.249. The van der Waals surface area contributed by atoms with Crippen LogP contribution < -0.4 is 0 Å². The van der Waals surface area contributed by atoms with Crippen molar-refractivity contribution < 1.29 is 19.8 Å². The molecule has 0 bridgehead atoms. The van der Waals surface area contributed by atoms with Crippen LogP contribution in [0.5, 0.6) is 0 Å². The van der Waals surface area contributed by atoms with Crippen LogP contribution in [-0.2, 0) is 4.79 Å². The Kier molecular flexibility index (Phi) is 5.21. The third kappa shape index (κ3) is 3.06. The van der Waals surface area contributed by atoms with Crippen LogP contribution in [0.4, 0.5) is 0 Å². The molecular weight excluding hydrogens is 354 g/mol. The number of carbonyl (C=O) groups is 2. The summed E-state index contributed by atoms with van der Waals surface area (Å²) in [6.45, 7) is 2.22. The summed E-state index contributed by atoms with van der Waals surface area (Å²) in [5, 5.41) is 22.2. The number of hydrogen-bond donors (Lipinski definition) is 2. The van der Waals surface area contributed by atoms with Gasteiger partial charge in [-0.05, 0) is 30.4 Å². The molecule has 2 aromatic carbocycles. The zero-order valence-corrected chi connectivity index (χ0v) is 15.4. The van der Waals surface area contributed by atoms with Crippen LogP contribution >= 0.6 is 11.6 Å². The lowest BCUT2D eigenvalue weighted by molar-refractivity contribution is -0.162. The Morgan fingerprint density at radius 3 is 2.62 bits per heavy atom. The second-order valence-electron chi connectivity index (χ2n) is 6.88. The van der Waals surface area contributed by atoms with Crippen molar-refractivity contribution in [3.63, 3.8) is 0 Å². The maximum Gasteiger partial charge on any atom is 0.314 e. The number of fused-ring (bicyclic) bond motifs is 1. The van der Waals surface area contributed by atoms with E-state index in [4.69, 9.17) is 11.6 Å². The van der Waals surface area contributed by atoms with Crippen molar-refractivity contribution >= 4 is 34.2 Å². The van der Waals surface area contributed by atoms with Crippen molar-refractivity contribution in [2.24, 2.45) is 5.41 Å². The lowest BCUT2D eigenvalue weighted by Crippen LogP contribution is -2.57. The Bertz CT molecular complexity index is 853. The average Bonchev–Trinajstić information content (AvgIpc) is 2.63. The van der Waals surface area contributed by atoms with Gasteiger partial charge >= 0.3 is 5.97 Å². The number of hydrogen-bond acceptors (Lipinski definition) is 3. The molecule has 1 fully saturated rings. The van der Waals surface area contributed by atoms with Gasteiger partial charge in [-0.15, -0.1) is 0 Å². The number of carbonyl (C=O) groups excluding carboxylic acids is 1. The molecule has 26 heavy (non-hydrogen) atoms. The minimum atomic E-state index is -1.31. The first-order valence-electron chi connectivity index (χ1n) is 8.78. The molecule has 0 radical (unpaired) electrons. The molecule has 2 N–H and O–H groups in total. The first kappa shape index (κ1) is 18.7. The number of benzene rings is 2. The molecule has 0 spiro atoms. The Morgan fingerprint density at radius 2 is 1.92 bits per heavy atom. The number of amides is 1. The highest BCUT2D eigenvalue weighted by molar-refractivity contribution is 6.36. The molecule has 0 aromatic heterocycles. The Balaban J connectivity index is 1.98. The van der Waals surface area contributed by atoms with Crippen LogP contribution in [0, 0.1) is 5.41 Å². The number of aliphatic hydroxyl groups is 1. The molecule has 3 rings (SSSR count). The zero-order valence-electron chi connectivity index (χ0n) is 14.6. The van der Waals surface area contributed by atoms with E-state index in [9.17, 15) is 19.8 Å². The van der Waals surface area contributed by atoms with Gasteiger partial charge in [0.05, 0.1) is 6.10 Å². The van der Waals surface area contributed by atoms with Crippen molar-refractivity contribution in [2.45, 2.75) is 32.3 Å². The average molecular weight is 376 g/mol. The lowest BCUT2D eigenvalue weighted by atomic mass is 9.74. The SMILES string of the molecule is CCC[C@@]1(C(=O)O)CN(C(=O)c2cccc3c(Cl)cccc23)CC[C@H]1O. The molecule has 1 aliphatic rings. The van der Waals surface area contributed by atoms with Crippen molar-refractivity contribution in [1.82, 2.24) is 4.90 Å². The summed E-state index contributed by atoms with van der Waals surface area (Å²) >= 11 is 6.23. The Hall–Kier alpha value is -2.11. The maximum absolute atomic E-state index is 13.2. The van der Waals surface area contributed by atoms with E-state index in [2.05, 4.69) is 0 Å². The van der Waals surface area contributed by atoms with E-state index in [0.717, 1.165) is 10.8 Å².